The zero-order valence-electron chi connectivity index (χ0n) is 13.5. The van der Waals surface area contributed by atoms with Crippen molar-refractivity contribution >= 4 is 12.1 Å². The van der Waals surface area contributed by atoms with Gasteiger partial charge in [-0.05, 0) is 19.3 Å². The zero-order valence-corrected chi connectivity index (χ0v) is 13.5. The number of aldehydes is 1. The fourth-order valence-electron chi connectivity index (χ4n) is 1.01. The van der Waals surface area contributed by atoms with Crippen molar-refractivity contribution in [2.45, 2.75) is 85.0 Å². The third-order valence-corrected chi connectivity index (χ3v) is 2.55. The maximum absolute atomic E-state index is 10.5. The molecule has 3 unspecified atom stereocenters. The van der Waals surface area contributed by atoms with E-state index in [0.717, 1.165) is 6.29 Å². The summed E-state index contributed by atoms with van der Waals surface area (Å²) in [5, 5.41) is 26.5. The van der Waals surface area contributed by atoms with Gasteiger partial charge in [-0.2, -0.15) is 0 Å². The molecule has 0 rings (SSSR count). The van der Waals surface area contributed by atoms with E-state index < -0.39 is 18.3 Å². The van der Waals surface area contributed by atoms with Crippen LogP contribution in [0.15, 0.2) is 0 Å². The molecule has 0 aliphatic heterocycles. The molecule has 0 aromatic rings. The van der Waals surface area contributed by atoms with E-state index in [0.29, 0.717) is 32.1 Å². The molecule has 0 radical (unpaired) electrons. The third-order valence-electron chi connectivity index (χ3n) is 2.55. The molecule has 0 aromatic heterocycles. The number of Topliss-reactive ketones (excluding diaryl/α,β-unsaturated/α-hetero) is 1. The van der Waals surface area contributed by atoms with E-state index in [9.17, 15) is 9.59 Å². The van der Waals surface area contributed by atoms with E-state index in [1.165, 1.54) is 0 Å². The van der Waals surface area contributed by atoms with Crippen molar-refractivity contribution in [3.63, 3.8) is 0 Å². The average molecular weight is 292 g/mol. The lowest BCUT2D eigenvalue weighted by Gasteiger charge is -2.12. The standard InChI is InChI=1S/C6H14O2.C6H12O2.C3H6O/c2*1-3-5(7)6(8)4-2;1-2-3-4/h5-8H,3-4H2,1-2H3;5,7H,3-4H2,1-2H3;3H,2H2,1H3. The van der Waals surface area contributed by atoms with E-state index in [-0.39, 0.29) is 5.78 Å². The van der Waals surface area contributed by atoms with E-state index >= 15 is 0 Å². The molecule has 0 amide bonds. The minimum atomic E-state index is -0.722. The first-order chi connectivity index (χ1) is 9.35. The smallest absolute Gasteiger partial charge is 0.160 e. The molecule has 0 saturated carbocycles. The van der Waals surface area contributed by atoms with Gasteiger partial charge in [0.1, 0.15) is 12.4 Å². The second-order valence-electron chi connectivity index (χ2n) is 4.27. The lowest BCUT2D eigenvalue weighted by molar-refractivity contribution is -0.126. The first-order valence-corrected chi connectivity index (χ1v) is 7.36. The Balaban J connectivity index is -0.000000230. The molecule has 0 spiro atoms. The molecule has 122 valence electrons. The van der Waals surface area contributed by atoms with E-state index in [4.69, 9.17) is 15.3 Å². The lowest BCUT2D eigenvalue weighted by Crippen LogP contribution is -2.23. The van der Waals surface area contributed by atoms with Gasteiger partial charge in [-0.3, -0.25) is 4.79 Å². The van der Waals surface area contributed by atoms with E-state index in [2.05, 4.69) is 0 Å². The van der Waals surface area contributed by atoms with Crippen molar-refractivity contribution < 1.29 is 24.9 Å². The summed E-state index contributed by atoms with van der Waals surface area (Å²) in [4.78, 5) is 19.7. The highest BCUT2D eigenvalue weighted by molar-refractivity contribution is 5.82. The molecular weight excluding hydrogens is 260 g/mol. The molecule has 0 fully saturated rings. The van der Waals surface area contributed by atoms with Crippen LogP contribution in [-0.2, 0) is 9.59 Å². The minimum Gasteiger partial charge on any atom is -0.390 e. The predicted molar refractivity (Wildman–Crippen MR) is 80.5 cm³/mol. The maximum atomic E-state index is 10.5. The highest BCUT2D eigenvalue weighted by Gasteiger charge is 2.09. The maximum Gasteiger partial charge on any atom is 0.160 e. The van der Waals surface area contributed by atoms with Gasteiger partial charge in [-0.25, -0.2) is 0 Å². The van der Waals surface area contributed by atoms with Crippen LogP contribution in [-0.4, -0.2) is 45.7 Å². The molecule has 0 bridgehead atoms. The predicted octanol–water partition coefficient (Wildman–Crippen LogP) is 1.86. The fraction of sp³-hybridized carbons (Fsp3) is 0.867. The summed E-state index contributed by atoms with van der Waals surface area (Å²) in [7, 11) is 0. The molecule has 3 N–H and O–H groups in total. The molecule has 0 saturated heterocycles. The molecule has 5 nitrogen and oxygen atoms in total. The van der Waals surface area contributed by atoms with Crippen molar-refractivity contribution in [1.82, 2.24) is 0 Å². The third kappa shape index (κ3) is 17.2. The molecule has 5 heteroatoms. The van der Waals surface area contributed by atoms with E-state index in [1.807, 2.05) is 20.8 Å². The molecular formula is C15H32O5. The normalized spacial score (nSPS) is 13.8. The van der Waals surface area contributed by atoms with Gasteiger partial charge >= 0.3 is 0 Å². The van der Waals surface area contributed by atoms with Crippen LogP contribution in [0.25, 0.3) is 0 Å². The van der Waals surface area contributed by atoms with Gasteiger partial charge in [0.15, 0.2) is 5.78 Å². The van der Waals surface area contributed by atoms with Crippen LogP contribution < -0.4 is 0 Å². The quantitative estimate of drug-likeness (QED) is 0.623. The Morgan fingerprint density at radius 3 is 1.35 bits per heavy atom. The molecule has 0 heterocycles. The molecule has 0 aromatic carbocycles. The first-order valence-electron chi connectivity index (χ1n) is 7.36. The van der Waals surface area contributed by atoms with Crippen LogP contribution in [0.3, 0.4) is 0 Å². The number of ketones is 1. The van der Waals surface area contributed by atoms with Crippen molar-refractivity contribution in [2.75, 3.05) is 0 Å². The minimum absolute atomic E-state index is 0.0625. The van der Waals surface area contributed by atoms with Crippen LogP contribution in [0.5, 0.6) is 0 Å². The Labute approximate surface area is 123 Å². The average Bonchev–Trinajstić information content (AvgIpc) is 2.52. The topological polar surface area (TPSA) is 94.8 Å². The summed E-state index contributed by atoms with van der Waals surface area (Å²) in [5.41, 5.74) is 0. The van der Waals surface area contributed by atoms with Crippen molar-refractivity contribution in [1.29, 1.82) is 0 Å². The lowest BCUT2D eigenvalue weighted by atomic mass is 10.1. The Hall–Kier alpha value is -0.780. The Bertz CT molecular complexity index is 210. The summed E-state index contributed by atoms with van der Waals surface area (Å²) in [6.07, 6.45) is 1.98. The number of carbonyl (C=O) groups excluding carboxylic acids is 2. The summed E-state index contributed by atoms with van der Waals surface area (Å²) < 4.78 is 0. The first kappa shape index (κ1) is 24.3. The van der Waals surface area contributed by atoms with Crippen molar-refractivity contribution in [3.8, 4) is 0 Å². The van der Waals surface area contributed by atoms with Crippen molar-refractivity contribution in [3.05, 3.63) is 0 Å². The highest BCUT2D eigenvalue weighted by Crippen LogP contribution is 2.00. The largest absolute Gasteiger partial charge is 0.390 e. The van der Waals surface area contributed by atoms with Crippen LogP contribution in [0.2, 0.25) is 0 Å². The Kier molecular flexibility index (Phi) is 22.1. The number of carbonyl (C=O) groups is 2. The van der Waals surface area contributed by atoms with Gasteiger partial charge in [-0.1, -0.05) is 34.6 Å². The van der Waals surface area contributed by atoms with Gasteiger partial charge in [0.05, 0.1) is 12.2 Å². The SMILES string of the molecule is CCC(=O)C(O)CC.CCC(O)C(O)CC.CCC=O. The van der Waals surface area contributed by atoms with Gasteiger partial charge < -0.3 is 20.1 Å². The monoisotopic (exact) mass is 292 g/mol. The van der Waals surface area contributed by atoms with Gasteiger partial charge in [0, 0.05) is 12.8 Å². The highest BCUT2D eigenvalue weighted by atomic mass is 16.3. The number of aliphatic hydroxyl groups excluding tert-OH is 3. The molecule has 20 heavy (non-hydrogen) atoms. The Morgan fingerprint density at radius 2 is 1.25 bits per heavy atom. The number of aliphatic hydroxyl groups is 3. The molecule has 3 atom stereocenters. The molecule has 0 aliphatic rings. The second kappa shape index (κ2) is 18.2. The van der Waals surface area contributed by atoms with Crippen LogP contribution in [0.1, 0.15) is 66.7 Å². The fourth-order valence-corrected chi connectivity index (χ4v) is 1.01. The summed E-state index contributed by atoms with van der Waals surface area (Å²) in [6, 6.07) is 0. The van der Waals surface area contributed by atoms with Crippen LogP contribution >= 0.6 is 0 Å². The van der Waals surface area contributed by atoms with E-state index in [1.54, 1.807) is 13.8 Å². The van der Waals surface area contributed by atoms with Gasteiger partial charge in [-0.15, -0.1) is 0 Å². The second-order valence-corrected chi connectivity index (χ2v) is 4.27. The number of hydrogen-bond donors (Lipinski definition) is 3. The number of hydrogen-bond acceptors (Lipinski definition) is 5. The van der Waals surface area contributed by atoms with Crippen molar-refractivity contribution in [2.24, 2.45) is 0 Å². The number of rotatable bonds is 7. The summed E-state index contributed by atoms with van der Waals surface area (Å²) in [6.45, 7) is 9.06. The summed E-state index contributed by atoms with van der Waals surface area (Å²) in [5.74, 6) is -0.0625. The van der Waals surface area contributed by atoms with Crippen LogP contribution in [0, 0.1) is 0 Å². The van der Waals surface area contributed by atoms with Gasteiger partial charge in [0.25, 0.3) is 0 Å². The van der Waals surface area contributed by atoms with Gasteiger partial charge in [0.2, 0.25) is 0 Å². The summed E-state index contributed by atoms with van der Waals surface area (Å²) >= 11 is 0. The molecule has 0 aliphatic carbocycles. The zero-order chi connectivity index (χ0) is 16.6. The van der Waals surface area contributed by atoms with Crippen LogP contribution in [0.4, 0.5) is 0 Å². The Morgan fingerprint density at radius 1 is 0.900 bits per heavy atom.